The van der Waals surface area contributed by atoms with Gasteiger partial charge in [0, 0.05) is 13.1 Å². The van der Waals surface area contributed by atoms with Gasteiger partial charge < -0.3 is 10.2 Å². The fourth-order valence-corrected chi connectivity index (χ4v) is 3.20. The first kappa shape index (κ1) is 11.9. The van der Waals surface area contributed by atoms with Gasteiger partial charge in [-0.3, -0.25) is 4.79 Å². The van der Waals surface area contributed by atoms with Crippen LogP contribution in [0.2, 0.25) is 0 Å². The monoisotopic (exact) mass is 224 g/mol. The van der Waals surface area contributed by atoms with Crippen LogP contribution in [0.25, 0.3) is 0 Å². The molecule has 2 fully saturated rings. The van der Waals surface area contributed by atoms with Crippen molar-refractivity contribution < 1.29 is 4.79 Å². The molecule has 0 aromatic heterocycles. The van der Waals surface area contributed by atoms with Crippen molar-refractivity contribution in [3.63, 3.8) is 0 Å². The highest BCUT2D eigenvalue weighted by atomic mass is 16.2. The molecule has 3 nitrogen and oxygen atoms in total. The summed E-state index contributed by atoms with van der Waals surface area (Å²) in [5.41, 5.74) is 0.620. The zero-order chi connectivity index (χ0) is 11.4. The second-order valence-corrected chi connectivity index (χ2v) is 5.37. The van der Waals surface area contributed by atoms with Crippen molar-refractivity contribution in [2.45, 2.75) is 45.4 Å². The van der Waals surface area contributed by atoms with Crippen LogP contribution in [-0.2, 0) is 4.79 Å². The van der Waals surface area contributed by atoms with E-state index in [1.165, 1.54) is 38.5 Å². The van der Waals surface area contributed by atoms with Crippen LogP contribution in [0.3, 0.4) is 0 Å². The number of hydrogen-bond donors (Lipinski definition) is 1. The van der Waals surface area contributed by atoms with E-state index in [0.717, 1.165) is 19.6 Å². The molecule has 1 spiro atoms. The Morgan fingerprint density at radius 3 is 2.38 bits per heavy atom. The van der Waals surface area contributed by atoms with Gasteiger partial charge in [-0.15, -0.1) is 0 Å². The molecule has 3 heteroatoms. The molecule has 1 saturated carbocycles. The Labute approximate surface area is 98.6 Å². The van der Waals surface area contributed by atoms with Crippen molar-refractivity contribution in [3.05, 3.63) is 0 Å². The molecule has 0 bridgehead atoms. The number of nitrogens with zero attached hydrogens (tertiary/aromatic N) is 1. The first-order chi connectivity index (χ1) is 7.76. The van der Waals surface area contributed by atoms with E-state index in [9.17, 15) is 4.79 Å². The van der Waals surface area contributed by atoms with Gasteiger partial charge in [0.2, 0.25) is 5.91 Å². The summed E-state index contributed by atoms with van der Waals surface area (Å²) in [6, 6.07) is 0. The Morgan fingerprint density at radius 1 is 1.19 bits per heavy atom. The van der Waals surface area contributed by atoms with E-state index < -0.39 is 0 Å². The average molecular weight is 224 g/mol. The normalized spacial score (nSPS) is 23.9. The summed E-state index contributed by atoms with van der Waals surface area (Å²) in [7, 11) is 0. The molecule has 92 valence electrons. The Hall–Kier alpha value is -0.570. The van der Waals surface area contributed by atoms with Crippen molar-refractivity contribution in [2.24, 2.45) is 5.41 Å². The topological polar surface area (TPSA) is 32.3 Å². The van der Waals surface area contributed by atoms with Crippen LogP contribution in [0.15, 0.2) is 0 Å². The third kappa shape index (κ3) is 2.57. The lowest BCUT2D eigenvalue weighted by Gasteiger charge is -2.39. The zero-order valence-corrected chi connectivity index (χ0v) is 10.4. The lowest BCUT2D eigenvalue weighted by Crippen LogP contribution is -2.45. The summed E-state index contributed by atoms with van der Waals surface area (Å²) in [5, 5.41) is 3.12. The smallest absolute Gasteiger partial charge is 0.236 e. The Kier molecular flexibility index (Phi) is 3.85. The van der Waals surface area contributed by atoms with Gasteiger partial charge in [0.05, 0.1) is 6.54 Å². The number of likely N-dealkylation sites (tertiary alicyclic amines) is 1. The molecule has 2 aliphatic rings. The minimum absolute atomic E-state index is 0.287. The third-order valence-corrected chi connectivity index (χ3v) is 4.37. The molecule has 1 aliphatic carbocycles. The quantitative estimate of drug-likeness (QED) is 0.792. The highest BCUT2D eigenvalue weighted by molar-refractivity contribution is 5.78. The third-order valence-electron chi connectivity index (χ3n) is 4.37. The molecule has 2 rings (SSSR count). The van der Waals surface area contributed by atoms with Gasteiger partial charge >= 0.3 is 0 Å². The van der Waals surface area contributed by atoms with Crippen LogP contribution >= 0.6 is 0 Å². The largest absolute Gasteiger partial charge is 0.342 e. The molecular weight excluding hydrogens is 200 g/mol. The van der Waals surface area contributed by atoms with Crippen LogP contribution in [0, 0.1) is 5.41 Å². The molecule has 0 radical (unpaired) electrons. The van der Waals surface area contributed by atoms with E-state index in [1.807, 2.05) is 11.8 Å². The zero-order valence-electron chi connectivity index (χ0n) is 10.4. The number of hydrogen-bond acceptors (Lipinski definition) is 2. The molecule has 1 saturated heterocycles. The first-order valence-corrected chi connectivity index (χ1v) is 6.74. The van der Waals surface area contributed by atoms with E-state index in [2.05, 4.69) is 5.32 Å². The molecule has 1 amide bonds. The van der Waals surface area contributed by atoms with Crippen LogP contribution in [0.5, 0.6) is 0 Å². The number of nitrogens with one attached hydrogen (secondary N) is 1. The molecule has 1 N–H and O–H groups in total. The van der Waals surface area contributed by atoms with E-state index in [4.69, 9.17) is 0 Å². The van der Waals surface area contributed by atoms with Gasteiger partial charge in [-0.1, -0.05) is 19.8 Å². The maximum atomic E-state index is 11.8. The van der Waals surface area contributed by atoms with Gasteiger partial charge in [0.15, 0.2) is 0 Å². The summed E-state index contributed by atoms with van der Waals surface area (Å²) >= 11 is 0. The summed E-state index contributed by atoms with van der Waals surface area (Å²) < 4.78 is 0. The Bertz CT molecular complexity index is 236. The second kappa shape index (κ2) is 5.17. The number of carbonyl (C=O) groups is 1. The summed E-state index contributed by atoms with van der Waals surface area (Å²) in [6.07, 6.45) is 8.11. The molecule has 1 heterocycles. The van der Waals surface area contributed by atoms with Crippen LogP contribution < -0.4 is 5.32 Å². The van der Waals surface area contributed by atoms with Crippen molar-refractivity contribution in [1.82, 2.24) is 10.2 Å². The predicted octanol–water partition coefficient (Wildman–Crippen LogP) is 1.78. The van der Waals surface area contributed by atoms with Gasteiger partial charge in [-0.2, -0.15) is 0 Å². The lowest BCUT2D eigenvalue weighted by molar-refractivity contribution is -0.132. The molecule has 0 aromatic rings. The number of carbonyl (C=O) groups excluding carboxylic acids is 1. The highest BCUT2D eigenvalue weighted by Gasteiger charge is 2.37. The molecule has 0 unspecified atom stereocenters. The van der Waals surface area contributed by atoms with Crippen molar-refractivity contribution in [3.8, 4) is 0 Å². The number of piperidine rings is 1. The summed E-state index contributed by atoms with van der Waals surface area (Å²) in [6.45, 7) is 5.42. The standard InChI is InChI=1S/C13H24N2O/c1-2-14-11-12(16)15-9-7-13(8-10-15)5-3-4-6-13/h14H,2-11H2,1H3. The van der Waals surface area contributed by atoms with Gasteiger partial charge in [0.25, 0.3) is 0 Å². The average Bonchev–Trinajstić information content (AvgIpc) is 2.75. The second-order valence-electron chi connectivity index (χ2n) is 5.37. The Morgan fingerprint density at radius 2 is 1.81 bits per heavy atom. The molecule has 16 heavy (non-hydrogen) atoms. The number of rotatable bonds is 3. The minimum atomic E-state index is 0.287. The minimum Gasteiger partial charge on any atom is -0.342 e. The molecule has 1 aliphatic heterocycles. The van der Waals surface area contributed by atoms with E-state index in [1.54, 1.807) is 0 Å². The maximum absolute atomic E-state index is 11.8. The van der Waals surface area contributed by atoms with Crippen molar-refractivity contribution in [2.75, 3.05) is 26.2 Å². The van der Waals surface area contributed by atoms with Crippen LogP contribution in [-0.4, -0.2) is 37.0 Å². The highest BCUT2D eigenvalue weighted by Crippen LogP contribution is 2.45. The fourth-order valence-electron chi connectivity index (χ4n) is 3.20. The maximum Gasteiger partial charge on any atom is 0.236 e. The van der Waals surface area contributed by atoms with Gasteiger partial charge in [-0.25, -0.2) is 0 Å². The SMILES string of the molecule is CCNCC(=O)N1CCC2(CCCC2)CC1. The number of amides is 1. The molecule has 0 aromatic carbocycles. The van der Waals surface area contributed by atoms with Gasteiger partial charge in [0.1, 0.15) is 0 Å². The lowest BCUT2D eigenvalue weighted by atomic mass is 9.77. The Balaban J connectivity index is 1.78. The summed E-state index contributed by atoms with van der Waals surface area (Å²) in [5.74, 6) is 0.287. The van der Waals surface area contributed by atoms with Crippen LogP contribution in [0.1, 0.15) is 45.4 Å². The van der Waals surface area contributed by atoms with Crippen molar-refractivity contribution in [1.29, 1.82) is 0 Å². The fraction of sp³-hybridized carbons (Fsp3) is 0.923. The molecular formula is C13H24N2O. The van der Waals surface area contributed by atoms with Crippen LogP contribution in [0.4, 0.5) is 0 Å². The van der Waals surface area contributed by atoms with Gasteiger partial charge in [-0.05, 0) is 37.6 Å². The van der Waals surface area contributed by atoms with Crippen molar-refractivity contribution >= 4 is 5.91 Å². The van der Waals surface area contributed by atoms with E-state index in [0.29, 0.717) is 12.0 Å². The van der Waals surface area contributed by atoms with E-state index in [-0.39, 0.29) is 5.91 Å². The predicted molar refractivity (Wildman–Crippen MR) is 65.3 cm³/mol. The number of likely N-dealkylation sites (N-methyl/N-ethyl adjacent to an activating group) is 1. The van der Waals surface area contributed by atoms with E-state index >= 15 is 0 Å². The summed E-state index contributed by atoms with van der Waals surface area (Å²) in [4.78, 5) is 13.9. The molecule has 0 atom stereocenters. The first-order valence-electron chi connectivity index (χ1n) is 6.74.